The number of hydrogen-bond acceptors (Lipinski definition) is 7. The third kappa shape index (κ3) is 6.65. The van der Waals surface area contributed by atoms with Gasteiger partial charge in [-0.15, -0.1) is 0 Å². The maximum atomic E-state index is 12.4. The lowest BCUT2D eigenvalue weighted by Gasteiger charge is -2.17. The minimum atomic E-state index is -0.922. The van der Waals surface area contributed by atoms with Crippen LogP contribution in [0.15, 0.2) is 34.9 Å². The largest absolute Gasteiger partial charge is 0.497 e. The second-order valence-corrected chi connectivity index (χ2v) is 5.90. The van der Waals surface area contributed by atoms with Gasteiger partial charge in [-0.25, -0.2) is 4.79 Å². The van der Waals surface area contributed by atoms with Crippen LogP contribution in [0, 0.1) is 6.92 Å². The Balaban J connectivity index is 1.88. The van der Waals surface area contributed by atoms with Crippen LogP contribution in [0.25, 0.3) is 0 Å². The van der Waals surface area contributed by atoms with Crippen molar-refractivity contribution in [2.24, 2.45) is 0 Å². The molecule has 1 amide bonds. The van der Waals surface area contributed by atoms with Crippen molar-refractivity contribution < 1.29 is 28.3 Å². The van der Waals surface area contributed by atoms with Gasteiger partial charge in [0, 0.05) is 6.07 Å². The second-order valence-electron chi connectivity index (χ2n) is 5.90. The lowest BCUT2D eigenvalue weighted by Crippen LogP contribution is -2.34. The monoisotopic (exact) mass is 376 g/mol. The summed E-state index contributed by atoms with van der Waals surface area (Å²) in [6.07, 6.45) is 1.09. The summed E-state index contributed by atoms with van der Waals surface area (Å²) in [5, 5.41) is 6.29. The number of amides is 1. The van der Waals surface area contributed by atoms with Crippen molar-refractivity contribution in [2.75, 3.05) is 19.0 Å². The number of nitrogens with one attached hydrogen (secondary N) is 1. The highest BCUT2D eigenvalue weighted by Gasteiger charge is 2.23. The summed E-state index contributed by atoms with van der Waals surface area (Å²) < 4.78 is 20.7. The molecule has 1 heterocycles. The van der Waals surface area contributed by atoms with Crippen molar-refractivity contribution in [1.82, 2.24) is 5.16 Å². The van der Waals surface area contributed by atoms with Crippen LogP contribution in [0.4, 0.5) is 5.82 Å². The third-order valence-corrected chi connectivity index (χ3v) is 3.68. The first kappa shape index (κ1) is 20.3. The molecule has 0 aliphatic rings. The van der Waals surface area contributed by atoms with E-state index < -0.39 is 18.0 Å². The van der Waals surface area contributed by atoms with Crippen molar-refractivity contribution in [1.29, 1.82) is 0 Å². The zero-order valence-electron chi connectivity index (χ0n) is 15.7. The zero-order valence-corrected chi connectivity index (χ0v) is 15.7. The molecule has 8 nitrogen and oxygen atoms in total. The van der Waals surface area contributed by atoms with E-state index in [9.17, 15) is 9.59 Å². The first-order chi connectivity index (χ1) is 13.0. The van der Waals surface area contributed by atoms with E-state index in [0.717, 1.165) is 12.8 Å². The fraction of sp³-hybridized carbons (Fsp3) is 0.421. The van der Waals surface area contributed by atoms with Gasteiger partial charge in [0.15, 0.2) is 18.5 Å². The van der Waals surface area contributed by atoms with Gasteiger partial charge in [-0.05, 0) is 44.0 Å². The van der Waals surface area contributed by atoms with Crippen LogP contribution in [-0.4, -0.2) is 36.9 Å². The van der Waals surface area contributed by atoms with E-state index in [1.165, 1.54) is 0 Å². The highest BCUT2D eigenvalue weighted by Crippen LogP contribution is 2.17. The molecule has 27 heavy (non-hydrogen) atoms. The molecule has 1 unspecified atom stereocenters. The zero-order chi connectivity index (χ0) is 19.6. The maximum Gasteiger partial charge on any atom is 0.344 e. The van der Waals surface area contributed by atoms with Gasteiger partial charge in [-0.3, -0.25) is 4.79 Å². The molecule has 0 bridgehead atoms. The average Bonchev–Trinajstić information content (AvgIpc) is 3.08. The van der Waals surface area contributed by atoms with Gasteiger partial charge in [0.2, 0.25) is 0 Å². The van der Waals surface area contributed by atoms with Gasteiger partial charge in [0.1, 0.15) is 17.3 Å². The van der Waals surface area contributed by atoms with Gasteiger partial charge in [0.05, 0.1) is 7.11 Å². The first-order valence-electron chi connectivity index (χ1n) is 8.72. The summed E-state index contributed by atoms with van der Waals surface area (Å²) >= 11 is 0. The van der Waals surface area contributed by atoms with Crippen molar-refractivity contribution in [3.63, 3.8) is 0 Å². The summed E-state index contributed by atoms with van der Waals surface area (Å²) in [5.41, 5.74) is 0. The van der Waals surface area contributed by atoms with E-state index in [1.54, 1.807) is 44.4 Å². The Morgan fingerprint density at radius 2 is 1.93 bits per heavy atom. The van der Waals surface area contributed by atoms with Crippen LogP contribution in [0.1, 0.15) is 31.9 Å². The summed E-state index contributed by atoms with van der Waals surface area (Å²) in [5.74, 6) is 0.961. The van der Waals surface area contributed by atoms with E-state index in [1.807, 2.05) is 6.92 Å². The van der Waals surface area contributed by atoms with Crippen LogP contribution in [-0.2, 0) is 14.3 Å². The fourth-order valence-electron chi connectivity index (χ4n) is 2.27. The number of methoxy groups -OCH3 is 1. The van der Waals surface area contributed by atoms with E-state index in [4.69, 9.17) is 18.7 Å². The van der Waals surface area contributed by atoms with Crippen LogP contribution < -0.4 is 14.8 Å². The molecule has 1 aromatic carbocycles. The summed E-state index contributed by atoms with van der Waals surface area (Å²) in [6, 6.07) is 8.39. The van der Waals surface area contributed by atoms with Crippen molar-refractivity contribution in [2.45, 2.75) is 39.2 Å². The number of unbranched alkanes of at least 4 members (excludes halogenated alkanes) is 1. The molecule has 0 saturated heterocycles. The fourth-order valence-corrected chi connectivity index (χ4v) is 2.27. The molecule has 0 fully saturated rings. The van der Waals surface area contributed by atoms with Crippen LogP contribution in [0.5, 0.6) is 11.5 Å². The third-order valence-electron chi connectivity index (χ3n) is 3.68. The predicted molar refractivity (Wildman–Crippen MR) is 97.8 cm³/mol. The van der Waals surface area contributed by atoms with Crippen LogP contribution >= 0.6 is 0 Å². The predicted octanol–water partition coefficient (Wildman–Crippen LogP) is 3.11. The molecular weight excluding hydrogens is 352 g/mol. The summed E-state index contributed by atoms with van der Waals surface area (Å²) in [7, 11) is 1.56. The van der Waals surface area contributed by atoms with Gasteiger partial charge in [0.25, 0.3) is 5.91 Å². The van der Waals surface area contributed by atoms with E-state index in [0.29, 0.717) is 23.7 Å². The van der Waals surface area contributed by atoms with Gasteiger partial charge in [-0.2, -0.15) is 0 Å². The molecule has 1 atom stereocenters. The van der Waals surface area contributed by atoms with Crippen LogP contribution in [0.3, 0.4) is 0 Å². The number of ether oxygens (including phenoxy) is 3. The number of hydrogen-bond donors (Lipinski definition) is 1. The molecule has 0 spiro atoms. The van der Waals surface area contributed by atoms with Crippen molar-refractivity contribution in [3.8, 4) is 11.5 Å². The molecule has 1 aromatic heterocycles. The molecule has 0 aliphatic heterocycles. The number of anilines is 1. The van der Waals surface area contributed by atoms with Gasteiger partial charge >= 0.3 is 5.97 Å². The molecule has 8 heteroatoms. The van der Waals surface area contributed by atoms with E-state index in [-0.39, 0.29) is 12.4 Å². The van der Waals surface area contributed by atoms with Gasteiger partial charge in [-0.1, -0.05) is 18.5 Å². The Hall–Kier alpha value is -3.03. The number of aryl methyl sites for hydroxylation is 1. The quantitative estimate of drug-likeness (QED) is 0.636. The summed E-state index contributed by atoms with van der Waals surface area (Å²) in [6.45, 7) is 3.41. The smallest absolute Gasteiger partial charge is 0.344 e. The Bertz CT molecular complexity index is 741. The number of carbonyl (C=O) groups excluding carboxylic acids is 2. The molecule has 0 radical (unpaired) electrons. The Morgan fingerprint density at radius 3 is 2.52 bits per heavy atom. The number of esters is 1. The maximum absolute atomic E-state index is 12.4. The minimum absolute atomic E-state index is 0.282. The first-order valence-corrected chi connectivity index (χ1v) is 8.72. The standard InChI is InChI=1S/C19H24N2O6/c1-4-5-6-16(19(23)20-17-11-13(2)27-21-17)26-18(22)12-25-15-9-7-14(24-3)8-10-15/h7-11,16H,4-6,12H2,1-3H3,(H,20,21,23). The SMILES string of the molecule is CCCCC(OC(=O)COc1ccc(OC)cc1)C(=O)Nc1cc(C)on1. The lowest BCUT2D eigenvalue weighted by molar-refractivity contribution is -0.156. The highest BCUT2D eigenvalue weighted by molar-refractivity contribution is 5.94. The molecular formula is C19H24N2O6. The number of rotatable bonds is 10. The molecule has 0 saturated carbocycles. The highest BCUT2D eigenvalue weighted by atomic mass is 16.6. The molecule has 0 aliphatic carbocycles. The lowest BCUT2D eigenvalue weighted by atomic mass is 10.1. The molecule has 146 valence electrons. The van der Waals surface area contributed by atoms with Crippen molar-refractivity contribution >= 4 is 17.7 Å². The van der Waals surface area contributed by atoms with E-state index >= 15 is 0 Å². The van der Waals surface area contributed by atoms with E-state index in [2.05, 4.69) is 10.5 Å². The number of benzene rings is 1. The van der Waals surface area contributed by atoms with Crippen molar-refractivity contribution in [3.05, 3.63) is 36.1 Å². The van der Waals surface area contributed by atoms with Gasteiger partial charge < -0.3 is 24.1 Å². The second kappa shape index (κ2) is 10.2. The molecule has 1 N–H and O–H groups in total. The summed E-state index contributed by atoms with van der Waals surface area (Å²) in [4.78, 5) is 24.5. The Kier molecular flexibility index (Phi) is 7.66. The average molecular weight is 376 g/mol. The topological polar surface area (TPSA) is 99.9 Å². The number of nitrogens with zero attached hydrogens (tertiary/aromatic N) is 1. The van der Waals surface area contributed by atoms with Crippen LogP contribution in [0.2, 0.25) is 0 Å². The minimum Gasteiger partial charge on any atom is -0.497 e. The number of carbonyl (C=O) groups is 2. The molecule has 2 aromatic rings. The molecule has 2 rings (SSSR count). The Labute approximate surface area is 157 Å². The normalized spacial score (nSPS) is 11.5. The number of aromatic nitrogens is 1. The Morgan fingerprint density at radius 1 is 1.22 bits per heavy atom.